The van der Waals surface area contributed by atoms with Gasteiger partial charge in [0.25, 0.3) is 0 Å². The molecule has 0 atom stereocenters. The molecule has 0 saturated heterocycles. The van der Waals surface area contributed by atoms with Crippen LogP contribution in [0.5, 0.6) is 5.75 Å². The summed E-state index contributed by atoms with van der Waals surface area (Å²) in [6.45, 7) is 5.75. The average molecular weight is 384 g/mol. The zero-order valence-corrected chi connectivity index (χ0v) is 16.5. The molecule has 0 aliphatic heterocycles. The molecule has 27 heavy (non-hydrogen) atoms. The number of benzene rings is 3. The molecule has 0 spiro atoms. The summed E-state index contributed by atoms with van der Waals surface area (Å²) in [4.78, 5) is 0. The fourth-order valence-corrected chi connectivity index (χ4v) is 3.29. The number of nitrogens with one attached hydrogen (secondary N) is 1. The second-order valence-electron chi connectivity index (χ2n) is 6.41. The van der Waals surface area contributed by atoms with Gasteiger partial charge in [0, 0.05) is 30.3 Å². The van der Waals surface area contributed by atoms with Gasteiger partial charge in [-0.1, -0.05) is 54.1 Å². The predicted molar refractivity (Wildman–Crippen MR) is 113 cm³/mol. The van der Waals surface area contributed by atoms with Crippen LogP contribution in [0.25, 0.3) is 10.8 Å². The first-order valence-electron chi connectivity index (χ1n) is 9.44. The summed E-state index contributed by atoms with van der Waals surface area (Å²) in [5.74, 6) is 0.908. The van der Waals surface area contributed by atoms with Crippen molar-refractivity contribution in [3.05, 3.63) is 76.8 Å². The molecule has 4 heteroatoms. The van der Waals surface area contributed by atoms with Gasteiger partial charge in [-0.3, -0.25) is 0 Å². The van der Waals surface area contributed by atoms with Crippen LogP contribution in [0, 0.1) is 0 Å². The Bertz CT molecular complexity index is 866. The Kier molecular flexibility index (Phi) is 7.52. The van der Waals surface area contributed by atoms with Crippen molar-refractivity contribution < 1.29 is 9.47 Å². The third kappa shape index (κ3) is 5.70. The van der Waals surface area contributed by atoms with Crippen LogP contribution in [0.1, 0.15) is 24.5 Å². The van der Waals surface area contributed by atoms with E-state index in [2.05, 4.69) is 41.7 Å². The third-order valence-electron chi connectivity index (χ3n) is 4.43. The maximum absolute atomic E-state index is 6.16. The minimum Gasteiger partial charge on any atom is -0.489 e. The van der Waals surface area contributed by atoms with Crippen LogP contribution in [-0.4, -0.2) is 19.8 Å². The van der Waals surface area contributed by atoms with Gasteiger partial charge in [0.1, 0.15) is 12.4 Å². The summed E-state index contributed by atoms with van der Waals surface area (Å²) in [6, 6.07) is 20.4. The van der Waals surface area contributed by atoms with Gasteiger partial charge >= 0.3 is 0 Å². The van der Waals surface area contributed by atoms with Gasteiger partial charge in [-0.2, -0.15) is 0 Å². The summed E-state index contributed by atoms with van der Waals surface area (Å²) in [5, 5.41) is 6.69. The summed E-state index contributed by atoms with van der Waals surface area (Å²) in [6.07, 6.45) is 0.997. The van der Waals surface area contributed by atoms with E-state index in [9.17, 15) is 0 Å². The minimum atomic E-state index is 0.496. The fourth-order valence-electron chi connectivity index (χ4n) is 3.08. The van der Waals surface area contributed by atoms with Crippen molar-refractivity contribution in [1.82, 2.24) is 5.32 Å². The molecular weight excluding hydrogens is 358 g/mol. The van der Waals surface area contributed by atoms with Crippen LogP contribution in [0.15, 0.2) is 60.7 Å². The molecule has 142 valence electrons. The van der Waals surface area contributed by atoms with Crippen LogP contribution in [-0.2, 0) is 17.9 Å². The average Bonchev–Trinajstić information content (AvgIpc) is 2.69. The van der Waals surface area contributed by atoms with Gasteiger partial charge in [0.05, 0.1) is 0 Å². The van der Waals surface area contributed by atoms with Gasteiger partial charge < -0.3 is 14.8 Å². The van der Waals surface area contributed by atoms with E-state index in [-0.39, 0.29) is 0 Å². The van der Waals surface area contributed by atoms with E-state index in [0.29, 0.717) is 6.61 Å². The van der Waals surface area contributed by atoms with Crippen molar-refractivity contribution in [2.45, 2.75) is 26.5 Å². The molecule has 3 aromatic carbocycles. The molecule has 3 rings (SSSR count). The number of halogens is 1. The van der Waals surface area contributed by atoms with Crippen LogP contribution in [0.4, 0.5) is 0 Å². The Balaban J connectivity index is 1.73. The standard InChI is InChI=1S/C23H26ClNO2/c1-2-26-14-6-13-25-16-22-21-10-4-3-8-19(21)11-12-23(22)27-17-18-7-5-9-20(24)15-18/h3-5,7-12,15,25H,2,6,13-14,16-17H2,1H3. The Morgan fingerprint density at radius 2 is 1.89 bits per heavy atom. The smallest absolute Gasteiger partial charge is 0.124 e. The molecule has 0 heterocycles. The molecule has 0 amide bonds. The second-order valence-corrected chi connectivity index (χ2v) is 6.85. The Morgan fingerprint density at radius 1 is 1.00 bits per heavy atom. The summed E-state index contributed by atoms with van der Waals surface area (Å²) in [7, 11) is 0. The molecule has 0 fully saturated rings. The number of fused-ring (bicyclic) bond motifs is 1. The second kappa shape index (κ2) is 10.3. The third-order valence-corrected chi connectivity index (χ3v) is 4.66. The van der Waals surface area contributed by atoms with E-state index in [1.807, 2.05) is 31.2 Å². The van der Waals surface area contributed by atoms with Gasteiger partial charge in [0.15, 0.2) is 0 Å². The van der Waals surface area contributed by atoms with Crippen molar-refractivity contribution in [3.63, 3.8) is 0 Å². The highest BCUT2D eigenvalue weighted by atomic mass is 35.5. The molecule has 0 saturated carbocycles. The van der Waals surface area contributed by atoms with Crippen LogP contribution in [0.2, 0.25) is 5.02 Å². The topological polar surface area (TPSA) is 30.5 Å². The number of hydrogen-bond donors (Lipinski definition) is 1. The molecule has 3 nitrogen and oxygen atoms in total. The lowest BCUT2D eigenvalue weighted by molar-refractivity contribution is 0.144. The molecule has 3 aromatic rings. The molecule has 1 N–H and O–H groups in total. The van der Waals surface area contributed by atoms with Gasteiger partial charge in [-0.25, -0.2) is 0 Å². The van der Waals surface area contributed by atoms with Crippen molar-refractivity contribution in [1.29, 1.82) is 0 Å². The summed E-state index contributed by atoms with van der Waals surface area (Å²) in [5.41, 5.74) is 2.25. The highest BCUT2D eigenvalue weighted by Gasteiger charge is 2.09. The maximum Gasteiger partial charge on any atom is 0.124 e. The number of ether oxygens (including phenoxy) is 2. The molecule has 0 unspecified atom stereocenters. The van der Waals surface area contributed by atoms with Crippen molar-refractivity contribution in [2.24, 2.45) is 0 Å². The van der Waals surface area contributed by atoms with Gasteiger partial charge in [0.2, 0.25) is 0 Å². The molecule has 0 aromatic heterocycles. The molecule has 0 aliphatic carbocycles. The van der Waals surface area contributed by atoms with E-state index in [4.69, 9.17) is 21.1 Å². The monoisotopic (exact) mass is 383 g/mol. The van der Waals surface area contributed by atoms with E-state index >= 15 is 0 Å². The normalized spacial score (nSPS) is 11.0. The zero-order valence-electron chi connectivity index (χ0n) is 15.7. The predicted octanol–water partition coefficient (Wildman–Crippen LogP) is 5.59. The molecular formula is C23H26ClNO2. The van der Waals surface area contributed by atoms with Crippen molar-refractivity contribution in [3.8, 4) is 5.75 Å². The number of rotatable bonds is 10. The SMILES string of the molecule is CCOCCCNCc1c(OCc2cccc(Cl)c2)ccc2ccccc12. The zero-order chi connectivity index (χ0) is 18.9. The van der Waals surface area contributed by atoms with E-state index < -0.39 is 0 Å². The van der Waals surface area contributed by atoms with Crippen LogP contribution < -0.4 is 10.1 Å². The first-order valence-corrected chi connectivity index (χ1v) is 9.82. The summed E-state index contributed by atoms with van der Waals surface area (Å²) >= 11 is 6.08. The van der Waals surface area contributed by atoms with Crippen molar-refractivity contribution in [2.75, 3.05) is 19.8 Å². The molecule has 0 radical (unpaired) electrons. The largest absolute Gasteiger partial charge is 0.489 e. The quantitative estimate of drug-likeness (QED) is 0.463. The molecule has 0 bridgehead atoms. The Labute approximate surface area is 166 Å². The van der Waals surface area contributed by atoms with Crippen molar-refractivity contribution >= 4 is 22.4 Å². The first kappa shape index (κ1) is 19.7. The lowest BCUT2D eigenvalue weighted by atomic mass is 10.0. The summed E-state index contributed by atoms with van der Waals surface area (Å²) < 4.78 is 11.6. The lowest BCUT2D eigenvalue weighted by Gasteiger charge is -2.15. The van der Waals surface area contributed by atoms with Crippen LogP contribution >= 0.6 is 11.6 Å². The Hall–Kier alpha value is -2.07. The van der Waals surface area contributed by atoms with E-state index in [0.717, 1.165) is 49.1 Å². The van der Waals surface area contributed by atoms with Gasteiger partial charge in [-0.05, 0) is 54.4 Å². The molecule has 0 aliphatic rings. The first-order chi connectivity index (χ1) is 13.3. The van der Waals surface area contributed by atoms with Gasteiger partial charge in [-0.15, -0.1) is 0 Å². The lowest BCUT2D eigenvalue weighted by Crippen LogP contribution is -2.17. The van der Waals surface area contributed by atoms with E-state index in [1.165, 1.54) is 16.3 Å². The minimum absolute atomic E-state index is 0.496. The Morgan fingerprint density at radius 3 is 2.74 bits per heavy atom. The fraction of sp³-hybridized carbons (Fsp3) is 0.304. The maximum atomic E-state index is 6.16. The van der Waals surface area contributed by atoms with Crippen LogP contribution in [0.3, 0.4) is 0 Å². The number of hydrogen-bond acceptors (Lipinski definition) is 3. The van der Waals surface area contributed by atoms with E-state index in [1.54, 1.807) is 0 Å². The highest BCUT2D eigenvalue weighted by Crippen LogP contribution is 2.29. The highest BCUT2D eigenvalue weighted by molar-refractivity contribution is 6.30.